The van der Waals surface area contributed by atoms with Gasteiger partial charge in [0.2, 0.25) is 0 Å². The molecule has 0 fully saturated rings. The first-order chi connectivity index (χ1) is 26.0. The van der Waals surface area contributed by atoms with Gasteiger partial charge in [-0.25, -0.2) is 0 Å². The molecule has 0 aliphatic carbocycles. The van der Waals surface area contributed by atoms with Crippen LogP contribution >= 0.6 is 0 Å². The number of aryl methyl sites for hydroxylation is 1. The van der Waals surface area contributed by atoms with Gasteiger partial charge < -0.3 is 38.7 Å². The molecule has 0 saturated heterocycles. The molecule has 2 atom stereocenters. The Balaban J connectivity index is 0.000000264. The number of nitrogens with one attached hydrogen (secondary N) is 1. The predicted octanol–water partition coefficient (Wildman–Crippen LogP) is 8.48. The van der Waals surface area contributed by atoms with Crippen LogP contribution in [0.1, 0.15) is 81.3 Å². The standard InChI is InChI=1S/C27H38N2O4.C17H21NO3/c1-20(2)27(19-28,22-10-12-24(31-5)26(18-22)33-7)14-8-15-29(3)16-13-21-9-11-23(30-4)25(17-21)32-6;1-3-11-6-5-7-12-13-8-9-21-17(4-2,10-14(19)20)16(13)18-15(11)12/h9-12,17-18,20H,8,13-16H2,1-7H3;5-7,18H,3-4,8-10H2,1-2H3,(H,19,20). The highest BCUT2D eigenvalue weighted by Crippen LogP contribution is 2.43. The molecule has 10 heteroatoms. The van der Waals surface area contributed by atoms with Crippen LogP contribution in [-0.4, -0.2) is 76.1 Å². The van der Waals surface area contributed by atoms with Crippen molar-refractivity contribution in [3.05, 3.63) is 82.5 Å². The lowest BCUT2D eigenvalue weighted by molar-refractivity contribution is -0.148. The van der Waals surface area contributed by atoms with Gasteiger partial charge in [0.05, 0.1) is 58.6 Å². The molecule has 1 aliphatic heterocycles. The summed E-state index contributed by atoms with van der Waals surface area (Å²) in [5.41, 5.74) is 5.49. The number of H-pyrrole nitrogens is 1. The Bertz CT molecular complexity index is 1900. The molecule has 2 heterocycles. The number of nitrogens with zero attached hydrogens (tertiary/aromatic N) is 2. The van der Waals surface area contributed by atoms with Crippen molar-refractivity contribution in [3.63, 3.8) is 0 Å². The van der Waals surface area contributed by atoms with Crippen LogP contribution in [0.4, 0.5) is 0 Å². The number of para-hydroxylation sites is 1. The van der Waals surface area contributed by atoms with Gasteiger partial charge in [-0.15, -0.1) is 0 Å². The summed E-state index contributed by atoms with van der Waals surface area (Å²) in [7, 11) is 8.67. The largest absolute Gasteiger partial charge is 0.493 e. The number of benzene rings is 3. The summed E-state index contributed by atoms with van der Waals surface area (Å²) in [6, 6.07) is 20.8. The quantitative estimate of drug-likeness (QED) is 0.110. The Kier molecular flexibility index (Phi) is 14.8. The average molecular weight is 742 g/mol. The predicted molar refractivity (Wildman–Crippen MR) is 213 cm³/mol. The molecule has 10 nitrogen and oxygen atoms in total. The Morgan fingerprint density at radius 3 is 2.24 bits per heavy atom. The summed E-state index contributed by atoms with van der Waals surface area (Å²) in [6.07, 6.45) is 5.06. The fourth-order valence-electron chi connectivity index (χ4n) is 7.71. The molecule has 1 aromatic heterocycles. The Labute approximate surface area is 321 Å². The second-order valence-electron chi connectivity index (χ2n) is 14.3. The van der Waals surface area contributed by atoms with Crippen LogP contribution in [-0.2, 0) is 39.8 Å². The van der Waals surface area contributed by atoms with Gasteiger partial charge in [0.15, 0.2) is 23.0 Å². The fraction of sp³-hybridized carbons (Fsp3) is 0.500. The van der Waals surface area contributed by atoms with E-state index in [1.54, 1.807) is 28.4 Å². The molecule has 1 aliphatic rings. The van der Waals surface area contributed by atoms with Gasteiger partial charge in [-0.1, -0.05) is 58.0 Å². The molecule has 0 saturated carbocycles. The van der Waals surface area contributed by atoms with Crippen LogP contribution in [0, 0.1) is 17.2 Å². The highest BCUT2D eigenvalue weighted by atomic mass is 16.5. The zero-order valence-electron chi connectivity index (χ0n) is 33.6. The van der Waals surface area contributed by atoms with E-state index in [-0.39, 0.29) is 12.3 Å². The minimum Gasteiger partial charge on any atom is -0.493 e. The minimum atomic E-state index is -0.820. The molecular weight excluding hydrogens is 682 g/mol. The van der Waals surface area contributed by atoms with E-state index >= 15 is 0 Å². The molecule has 0 spiro atoms. The number of aromatic amines is 1. The van der Waals surface area contributed by atoms with E-state index in [0.29, 0.717) is 24.5 Å². The van der Waals surface area contributed by atoms with E-state index in [9.17, 15) is 15.2 Å². The number of ether oxygens (including phenoxy) is 5. The van der Waals surface area contributed by atoms with Crippen molar-refractivity contribution in [1.29, 1.82) is 5.26 Å². The maximum Gasteiger partial charge on any atom is 0.306 e. The lowest BCUT2D eigenvalue weighted by Gasteiger charge is -2.35. The van der Waals surface area contributed by atoms with Gasteiger partial charge in [0, 0.05) is 17.4 Å². The van der Waals surface area contributed by atoms with Crippen LogP contribution in [0.25, 0.3) is 10.9 Å². The summed E-state index contributed by atoms with van der Waals surface area (Å²) in [5, 5.41) is 20.7. The summed E-state index contributed by atoms with van der Waals surface area (Å²) in [5.74, 6) is 2.17. The maximum absolute atomic E-state index is 11.3. The maximum atomic E-state index is 11.3. The third kappa shape index (κ3) is 9.14. The van der Waals surface area contributed by atoms with E-state index in [1.165, 1.54) is 22.1 Å². The van der Waals surface area contributed by atoms with Crippen molar-refractivity contribution in [2.24, 2.45) is 5.92 Å². The normalized spacial score (nSPS) is 16.2. The lowest BCUT2D eigenvalue weighted by Crippen LogP contribution is -2.37. The number of rotatable bonds is 17. The smallest absolute Gasteiger partial charge is 0.306 e. The number of carbonyl (C=O) groups is 1. The van der Waals surface area contributed by atoms with E-state index in [0.717, 1.165) is 73.5 Å². The van der Waals surface area contributed by atoms with Crippen molar-refractivity contribution < 1.29 is 33.6 Å². The molecule has 4 aromatic rings. The zero-order chi connectivity index (χ0) is 39.5. The molecular formula is C44H59N3O7. The number of fused-ring (bicyclic) bond motifs is 3. The lowest BCUT2D eigenvalue weighted by atomic mass is 9.69. The van der Waals surface area contributed by atoms with Crippen molar-refractivity contribution in [1.82, 2.24) is 9.88 Å². The van der Waals surface area contributed by atoms with Crippen LogP contribution < -0.4 is 18.9 Å². The van der Waals surface area contributed by atoms with E-state index in [2.05, 4.69) is 68.0 Å². The number of carboxylic acid groups (broad SMARTS) is 1. The van der Waals surface area contributed by atoms with Gasteiger partial charge in [-0.3, -0.25) is 4.79 Å². The molecule has 2 N–H and O–H groups in total. The second-order valence-corrected chi connectivity index (χ2v) is 14.3. The number of likely N-dealkylation sites (N-methyl/N-ethyl adjacent to an activating group) is 1. The van der Waals surface area contributed by atoms with E-state index in [1.807, 2.05) is 37.3 Å². The highest BCUT2D eigenvalue weighted by Gasteiger charge is 2.41. The van der Waals surface area contributed by atoms with E-state index < -0.39 is 17.0 Å². The summed E-state index contributed by atoms with van der Waals surface area (Å²) in [4.78, 5) is 17.1. The third-order valence-corrected chi connectivity index (χ3v) is 11.0. The number of hydrogen-bond donors (Lipinski definition) is 2. The molecule has 3 aromatic carbocycles. The van der Waals surface area contributed by atoms with Crippen LogP contribution in [0.2, 0.25) is 0 Å². The molecule has 0 bridgehead atoms. The number of hydrogen-bond acceptors (Lipinski definition) is 8. The average Bonchev–Trinajstić information content (AvgIpc) is 3.58. The highest BCUT2D eigenvalue weighted by molar-refractivity contribution is 5.88. The van der Waals surface area contributed by atoms with E-state index in [4.69, 9.17) is 23.7 Å². The van der Waals surface area contributed by atoms with Crippen LogP contribution in [0.5, 0.6) is 23.0 Å². The number of nitriles is 1. The fourth-order valence-corrected chi connectivity index (χ4v) is 7.71. The topological polar surface area (TPSA) is 126 Å². The van der Waals surface area contributed by atoms with Gasteiger partial charge in [-0.05, 0) is 105 Å². The molecule has 2 unspecified atom stereocenters. The number of carboxylic acids is 1. The Hall–Kier alpha value is -4.72. The number of aliphatic carboxylic acids is 1. The minimum absolute atomic E-state index is 0.00474. The van der Waals surface area contributed by atoms with Crippen molar-refractivity contribution in [2.45, 2.75) is 83.7 Å². The van der Waals surface area contributed by atoms with Crippen molar-refractivity contribution in [2.75, 3.05) is 55.2 Å². The molecule has 0 amide bonds. The monoisotopic (exact) mass is 741 g/mol. The number of methoxy groups -OCH3 is 4. The van der Waals surface area contributed by atoms with Gasteiger partial charge >= 0.3 is 5.97 Å². The first-order valence-electron chi connectivity index (χ1n) is 19.0. The van der Waals surface area contributed by atoms with Gasteiger partial charge in [0.25, 0.3) is 0 Å². The molecule has 0 radical (unpaired) electrons. The summed E-state index contributed by atoms with van der Waals surface area (Å²) < 4.78 is 27.5. The first-order valence-corrected chi connectivity index (χ1v) is 19.0. The summed E-state index contributed by atoms with van der Waals surface area (Å²) >= 11 is 0. The molecule has 5 rings (SSSR count). The van der Waals surface area contributed by atoms with Gasteiger partial charge in [-0.2, -0.15) is 5.26 Å². The van der Waals surface area contributed by atoms with Crippen molar-refractivity contribution >= 4 is 16.9 Å². The second kappa shape index (κ2) is 19.0. The Morgan fingerprint density at radius 1 is 0.981 bits per heavy atom. The first kappa shape index (κ1) is 42.0. The Morgan fingerprint density at radius 2 is 1.65 bits per heavy atom. The SMILES string of the molecule is CCc1cccc2c3c([nH]c12)C(CC)(CC(=O)O)OCC3.COc1ccc(CCN(C)CCCC(C#N)(c2ccc(OC)c(OC)c2)C(C)C)cc1OC. The van der Waals surface area contributed by atoms with Gasteiger partial charge in [0.1, 0.15) is 5.60 Å². The summed E-state index contributed by atoms with van der Waals surface area (Å²) in [6.45, 7) is 10.8. The zero-order valence-corrected chi connectivity index (χ0v) is 33.6. The van der Waals surface area contributed by atoms with Crippen LogP contribution in [0.3, 0.4) is 0 Å². The molecule has 54 heavy (non-hydrogen) atoms. The third-order valence-electron chi connectivity index (χ3n) is 11.0. The molecule has 292 valence electrons. The van der Waals surface area contributed by atoms with Crippen molar-refractivity contribution in [3.8, 4) is 29.1 Å². The number of aromatic nitrogens is 1. The van der Waals surface area contributed by atoms with Crippen LogP contribution in [0.15, 0.2) is 54.6 Å².